The van der Waals surface area contributed by atoms with Crippen molar-refractivity contribution in [3.05, 3.63) is 7.05 Å². The zero-order valence-corrected chi connectivity index (χ0v) is 6.06. The first-order chi connectivity index (χ1) is 4.33. The Hall–Kier alpha value is -0.0800. The van der Waals surface area contributed by atoms with E-state index in [1.807, 2.05) is 0 Å². The topological polar surface area (TPSA) is 15.3 Å². The van der Waals surface area contributed by atoms with Crippen LogP contribution in [0.1, 0.15) is 12.8 Å². The first kappa shape index (κ1) is 7.03. The lowest BCUT2D eigenvalue weighted by molar-refractivity contribution is 0.243. The van der Waals surface area contributed by atoms with Crippen molar-refractivity contribution in [2.75, 3.05) is 20.1 Å². The van der Waals surface area contributed by atoms with E-state index in [0.29, 0.717) is 6.04 Å². The SMILES string of the molecule is [CH2]NC1CCN(C)CC1. The molecule has 2 heteroatoms. The van der Waals surface area contributed by atoms with Gasteiger partial charge in [-0.3, -0.25) is 0 Å². The van der Waals surface area contributed by atoms with Crippen LogP contribution in [-0.2, 0) is 0 Å². The third kappa shape index (κ3) is 1.95. The minimum absolute atomic E-state index is 0.668. The lowest BCUT2D eigenvalue weighted by Gasteiger charge is -2.28. The molecule has 0 atom stereocenters. The van der Waals surface area contributed by atoms with Crippen LogP contribution >= 0.6 is 0 Å². The summed E-state index contributed by atoms with van der Waals surface area (Å²) in [5.74, 6) is 0. The smallest absolute Gasteiger partial charge is 0.00919 e. The van der Waals surface area contributed by atoms with Gasteiger partial charge in [0.15, 0.2) is 0 Å². The molecule has 0 amide bonds. The number of rotatable bonds is 1. The van der Waals surface area contributed by atoms with Gasteiger partial charge in [0, 0.05) is 13.1 Å². The van der Waals surface area contributed by atoms with E-state index in [1.54, 1.807) is 0 Å². The second kappa shape index (κ2) is 3.18. The number of nitrogens with zero attached hydrogens (tertiary/aromatic N) is 1. The Morgan fingerprint density at radius 1 is 1.44 bits per heavy atom. The van der Waals surface area contributed by atoms with Gasteiger partial charge in [-0.15, -0.1) is 0 Å². The van der Waals surface area contributed by atoms with Gasteiger partial charge in [-0.25, -0.2) is 0 Å². The van der Waals surface area contributed by atoms with Gasteiger partial charge in [0.05, 0.1) is 0 Å². The van der Waals surface area contributed by atoms with Crippen molar-refractivity contribution in [1.82, 2.24) is 10.2 Å². The number of piperidine rings is 1. The van der Waals surface area contributed by atoms with Crippen LogP contribution < -0.4 is 5.32 Å². The summed E-state index contributed by atoms with van der Waals surface area (Å²) in [6, 6.07) is 0.668. The summed E-state index contributed by atoms with van der Waals surface area (Å²) in [6.45, 7) is 2.43. The van der Waals surface area contributed by atoms with Gasteiger partial charge in [0.1, 0.15) is 0 Å². The highest BCUT2D eigenvalue weighted by molar-refractivity contribution is 4.74. The van der Waals surface area contributed by atoms with E-state index in [4.69, 9.17) is 0 Å². The maximum atomic E-state index is 3.67. The number of hydrogen-bond acceptors (Lipinski definition) is 2. The van der Waals surface area contributed by atoms with E-state index in [-0.39, 0.29) is 0 Å². The van der Waals surface area contributed by atoms with Crippen LogP contribution in [0.2, 0.25) is 0 Å². The van der Waals surface area contributed by atoms with Gasteiger partial charge in [0.25, 0.3) is 0 Å². The molecule has 1 N–H and O–H groups in total. The molecule has 1 heterocycles. The molecule has 0 aromatic carbocycles. The molecule has 1 fully saturated rings. The summed E-state index contributed by atoms with van der Waals surface area (Å²) in [7, 11) is 5.83. The van der Waals surface area contributed by atoms with Crippen LogP contribution in [-0.4, -0.2) is 31.1 Å². The third-order valence-corrected chi connectivity index (χ3v) is 2.01. The molecular formula is C7H15N2. The van der Waals surface area contributed by atoms with E-state index in [0.717, 1.165) is 0 Å². The monoisotopic (exact) mass is 127 g/mol. The Balaban J connectivity index is 2.18. The van der Waals surface area contributed by atoms with E-state index >= 15 is 0 Å². The second-order valence-corrected chi connectivity index (χ2v) is 2.78. The molecule has 0 unspecified atom stereocenters. The fraction of sp³-hybridized carbons (Fsp3) is 0.857. The molecule has 1 rings (SSSR count). The maximum absolute atomic E-state index is 3.67. The Bertz CT molecular complexity index is 75.0. The quantitative estimate of drug-likeness (QED) is 0.550. The van der Waals surface area contributed by atoms with E-state index in [9.17, 15) is 0 Å². The number of hydrogen-bond donors (Lipinski definition) is 1. The lowest BCUT2D eigenvalue weighted by Crippen LogP contribution is -2.38. The lowest BCUT2D eigenvalue weighted by atomic mass is 10.1. The third-order valence-electron chi connectivity index (χ3n) is 2.01. The summed E-state index contributed by atoms with van der Waals surface area (Å²) < 4.78 is 0. The minimum Gasteiger partial charge on any atom is -0.313 e. The van der Waals surface area contributed by atoms with Crippen molar-refractivity contribution in [3.8, 4) is 0 Å². The summed E-state index contributed by atoms with van der Waals surface area (Å²) in [6.07, 6.45) is 2.50. The first-order valence-electron chi connectivity index (χ1n) is 3.54. The van der Waals surface area contributed by atoms with Crippen LogP contribution in [0.25, 0.3) is 0 Å². The fourth-order valence-electron chi connectivity index (χ4n) is 1.21. The summed E-state index contributed by atoms with van der Waals surface area (Å²) in [5.41, 5.74) is 0. The summed E-state index contributed by atoms with van der Waals surface area (Å²) in [4.78, 5) is 2.36. The van der Waals surface area contributed by atoms with Gasteiger partial charge in [-0.2, -0.15) is 0 Å². The molecule has 0 spiro atoms. The maximum Gasteiger partial charge on any atom is 0.00919 e. The molecule has 0 aromatic heterocycles. The molecule has 1 saturated heterocycles. The average molecular weight is 127 g/mol. The molecule has 1 aliphatic heterocycles. The van der Waals surface area contributed by atoms with E-state index in [1.165, 1.54) is 25.9 Å². The van der Waals surface area contributed by atoms with Gasteiger partial charge in [-0.05, 0) is 33.0 Å². The molecular weight excluding hydrogens is 112 g/mol. The van der Waals surface area contributed by atoms with E-state index in [2.05, 4.69) is 24.3 Å². The predicted molar refractivity (Wildman–Crippen MR) is 39.0 cm³/mol. The number of likely N-dealkylation sites (tertiary alicyclic amines) is 1. The first-order valence-corrected chi connectivity index (χ1v) is 3.54. The largest absolute Gasteiger partial charge is 0.313 e. The Morgan fingerprint density at radius 2 is 2.00 bits per heavy atom. The highest BCUT2D eigenvalue weighted by Crippen LogP contribution is 2.06. The molecule has 9 heavy (non-hydrogen) atoms. The molecule has 2 nitrogen and oxygen atoms in total. The van der Waals surface area contributed by atoms with Gasteiger partial charge >= 0.3 is 0 Å². The molecule has 1 radical (unpaired) electrons. The molecule has 0 aromatic rings. The Kier molecular flexibility index (Phi) is 2.49. The van der Waals surface area contributed by atoms with E-state index < -0.39 is 0 Å². The number of nitrogens with one attached hydrogen (secondary N) is 1. The standard InChI is InChI=1S/C7H15N2/c1-8-7-3-5-9(2)6-4-7/h7-8H,1,3-6H2,2H3. The molecule has 53 valence electrons. The zero-order chi connectivity index (χ0) is 6.69. The summed E-state index contributed by atoms with van der Waals surface area (Å²) >= 11 is 0. The van der Waals surface area contributed by atoms with Crippen molar-refractivity contribution in [2.45, 2.75) is 18.9 Å². The summed E-state index contributed by atoms with van der Waals surface area (Å²) in [5, 5.41) is 3.05. The predicted octanol–water partition coefficient (Wildman–Crippen LogP) is 0.462. The van der Waals surface area contributed by atoms with Crippen LogP contribution in [0.15, 0.2) is 0 Å². The highest BCUT2D eigenvalue weighted by Gasteiger charge is 2.13. The Labute approximate surface area is 57.2 Å². The zero-order valence-electron chi connectivity index (χ0n) is 6.06. The van der Waals surface area contributed by atoms with Gasteiger partial charge in [-0.1, -0.05) is 0 Å². The Morgan fingerprint density at radius 3 is 2.44 bits per heavy atom. The van der Waals surface area contributed by atoms with Crippen LogP contribution in [0.3, 0.4) is 0 Å². The van der Waals surface area contributed by atoms with Gasteiger partial charge in [0.2, 0.25) is 0 Å². The molecule has 0 saturated carbocycles. The van der Waals surface area contributed by atoms with Gasteiger partial charge < -0.3 is 10.2 Å². The van der Waals surface area contributed by atoms with Crippen molar-refractivity contribution in [2.24, 2.45) is 0 Å². The van der Waals surface area contributed by atoms with Crippen LogP contribution in [0.4, 0.5) is 0 Å². The molecule has 0 aliphatic carbocycles. The molecule has 1 aliphatic rings. The normalized spacial score (nSPS) is 24.7. The van der Waals surface area contributed by atoms with Crippen molar-refractivity contribution in [1.29, 1.82) is 0 Å². The fourth-order valence-corrected chi connectivity index (χ4v) is 1.21. The van der Waals surface area contributed by atoms with Crippen molar-refractivity contribution in [3.63, 3.8) is 0 Å². The van der Waals surface area contributed by atoms with Crippen molar-refractivity contribution >= 4 is 0 Å². The average Bonchev–Trinajstić information content (AvgIpc) is 1.90. The molecule has 0 bridgehead atoms. The minimum atomic E-state index is 0.668. The van der Waals surface area contributed by atoms with Crippen LogP contribution in [0.5, 0.6) is 0 Å². The highest BCUT2D eigenvalue weighted by atomic mass is 15.1. The second-order valence-electron chi connectivity index (χ2n) is 2.78. The van der Waals surface area contributed by atoms with Crippen LogP contribution in [0, 0.1) is 7.05 Å². The van der Waals surface area contributed by atoms with Crippen molar-refractivity contribution < 1.29 is 0 Å².